The second-order valence-electron chi connectivity index (χ2n) is 10.5. The Balaban J connectivity index is 1.53. The zero-order valence-corrected chi connectivity index (χ0v) is 23.1. The number of benzene rings is 2. The maximum Gasteiger partial charge on any atom is 0.263 e. The largest absolute Gasteiger partial charge is 0.293 e. The third-order valence-corrected chi connectivity index (χ3v) is 9.42. The van der Waals surface area contributed by atoms with Crippen LogP contribution in [0.2, 0.25) is 5.02 Å². The normalized spacial score (nSPS) is 15.7. The fraction of sp³-hybridized carbons (Fsp3) is 0.345. The third-order valence-electron chi connectivity index (χ3n) is 7.04. The van der Waals surface area contributed by atoms with Gasteiger partial charge in [0.1, 0.15) is 4.83 Å². The van der Waals surface area contributed by atoms with Gasteiger partial charge in [0.05, 0.1) is 17.7 Å². The van der Waals surface area contributed by atoms with E-state index in [0.717, 1.165) is 35.0 Å². The minimum atomic E-state index is -0.0178. The van der Waals surface area contributed by atoms with Gasteiger partial charge in [-0.25, -0.2) is 4.98 Å². The van der Waals surface area contributed by atoms with Crippen LogP contribution in [0.3, 0.4) is 0 Å². The highest BCUT2D eigenvalue weighted by atomic mass is 35.5. The molecule has 0 bridgehead atoms. The van der Waals surface area contributed by atoms with Gasteiger partial charge in [-0.05, 0) is 66.0 Å². The Kier molecular flexibility index (Phi) is 7.12. The van der Waals surface area contributed by atoms with Crippen LogP contribution in [0.4, 0.5) is 0 Å². The third kappa shape index (κ3) is 5.17. The lowest BCUT2D eigenvalue weighted by Gasteiger charge is -2.33. The van der Waals surface area contributed by atoms with E-state index in [-0.39, 0.29) is 22.5 Å². The summed E-state index contributed by atoms with van der Waals surface area (Å²) in [4.78, 5) is 33.9. The molecule has 0 spiro atoms. The van der Waals surface area contributed by atoms with Crippen molar-refractivity contribution in [1.82, 2.24) is 9.55 Å². The average molecular weight is 537 g/mol. The number of carbonyl (C=O) groups is 1. The fourth-order valence-corrected chi connectivity index (χ4v) is 7.20. The maximum absolute atomic E-state index is 13.9. The predicted octanol–water partition coefficient (Wildman–Crippen LogP) is 7.29. The molecule has 0 unspecified atom stereocenters. The van der Waals surface area contributed by atoms with Crippen LogP contribution in [0.5, 0.6) is 0 Å². The quantitative estimate of drug-likeness (QED) is 0.147. The van der Waals surface area contributed by atoms with Gasteiger partial charge >= 0.3 is 0 Å². The van der Waals surface area contributed by atoms with Crippen molar-refractivity contribution in [3.8, 4) is 0 Å². The van der Waals surface area contributed by atoms with Gasteiger partial charge in [-0.2, -0.15) is 0 Å². The van der Waals surface area contributed by atoms with Gasteiger partial charge < -0.3 is 0 Å². The molecule has 0 amide bonds. The SMILES string of the molecule is CC(C)(C)[C@H]1CCc2c(sc3nc(SCC(=O)c4ccc(Cl)cc4)n(Cc4ccccc4)c(=O)c23)C1. The van der Waals surface area contributed by atoms with Gasteiger partial charge in [0.15, 0.2) is 10.9 Å². The van der Waals surface area contributed by atoms with Crippen LogP contribution in [0.1, 0.15) is 53.6 Å². The molecule has 1 aliphatic carbocycles. The van der Waals surface area contributed by atoms with Crippen molar-refractivity contribution in [3.63, 3.8) is 0 Å². The number of halogens is 1. The van der Waals surface area contributed by atoms with Crippen LogP contribution in [-0.2, 0) is 19.4 Å². The Labute approximate surface area is 224 Å². The van der Waals surface area contributed by atoms with Gasteiger partial charge in [0.2, 0.25) is 0 Å². The summed E-state index contributed by atoms with van der Waals surface area (Å²) in [5, 5.41) is 1.95. The highest BCUT2D eigenvalue weighted by molar-refractivity contribution is 7.99. The van der Waals surface area contributed by atoms with Crippen LogP contribution < -0.4 is 5.56 Å². The van der Waals surface area contributed by atoms with Crippen LogP contribution in [0.15, 0.2) is 64.5 Å². The average Bonchev–Trinajstić information content (AvgIpc) is 3.23. The summed E-state index contributed by atoms with van der Waals surface area (Å²) in [5.41, 5.74) is 3.05. The molecule has 1 atom stereocenters. The van der Waals surface area contributed by atoms with E-state index >= 15 is 0 Å². The molecule has 7 heteroatoms. The lowest BCUT2D eigenvalue weighted by molar-refractivity contribution is 0.102. The second kappa shape index (κ2) is 10.2. The van der Waals surface area contributed by atoms with E-state index in [9.17, 15) is 9.59 Å². The van der Waals surface area contributed by atoms with Crippen molar-refractivity contribution in [2.45, 2.75) is 51.7 Å². The molecule has 1 aliphatic rings. The predicted molar refractivity (Wildman–Crippen MR) is 151 cm³/mol. The van der Waals surface area contributed by atoms with Crippen molar-refractivity contribution in [1.29, 1.82) is 0 Å². The highest BCUT2D eigenvalue weighted by Crippen LogP contribution is 2.42. The van der Waals surface area contributed by atoms with Crippen molar-refractivity contribution in [2.75, 3.05) is 5.75 Å². The Hall–Kier alpha value is -2.41. The molecular weight excluding hydrogens is 508 g/mol. The Morgan fingerprint density at radius 1 is 1.14 bits per heavy atom. The number of Topliss-reactive ketones (excluding diaryl/α,β-unsaturated/α-hetero) is 1. The lowest BCUT2D eigenvalue weighted by atomic mass is 9.72. The summed E-state index contributed by atoms with van der Waals surface area (Å²) >= 11 is 8.96. The molecule has 4 nitrogen and oxygen atoms in total. The van der Waals surface area contributed by atoms with Gasteiger partial charge in [-0.15, -0.1) is 11.3 Å². The molecule has 4 aromatic rings. The molecule has 2 heterocycles. The first-order valence-electron chi connectivity index (χ1n) is 12.2. The molecule has 2 aromatic carbocycles. The highest BCUT2D eigenvalue weighted by Gasteiger charge is 2.32. The zero-order chi connectivity index (χ0) is 25.4. The smallest absolute Gasteiger partial charge is 0.263 e. The fourth-order valence-electron chi connectivity index (χ4n) is 4.84. The zero-order valence-electron chi connectivity index (χ0n) is 20.7. The van der Waals surface area contributed by atoms with E-state index in [4.69, 9.17) is 16.6 Å². The molecule has 0 aliphatic heterocycles. The number of fused-ring (bicyclic) bond motifs is 3. The Morgan fingerprint density at radius 3 is 2.56 bits per heavy atom. The number of thioether (sulfide) groups is 1. The molecule has 0 N–H and O–H groups in total. The Morgan fingerprint density at radius 2 is 1.86 bits per heavy atom. The number of aromatic nitrogens is 2. The van der Waals surface area contributed by atoms with E-state index < -0.39 is 0 Å². The number of rotatable bonds is 6. The number of hydrogen-bond donors (Lipinski definition) is 0. The van der Waals surface area contributed by atoms with E-state index in [2.05, 4.69) is 20.8 Å². The molecule has 36 heavy (non-hydrogen) atoms. The molecule has 2 aromatic heterocycles. The standard InChI is InChI=1S/C29H29ClN2O2S2/c1-29(2,3)20-11-14-22-24(15-20)36-26-25(22)27(34)32(16-18-7-5-4-6-8-18)28(31-26)35-17-23(33)19-9-12-21(30)13-10-19/h4-10,12-13,20H,11,14-17H2,1-3H3/t20-/m0/s1. The van der Waals surface area contributed by atoms with Gasteiger partial charge in [0, 0.05) is 15.5 Å². The van der Waals surface area contributed by atoms with Crippen molar-refractivity contribution in [3.05, 3.63) is 91.5 Å². The summed E-state index contributed by atoms with van der Waals surface area (Å²) in [6.07, 6.45) is 3.00. The number of thiophene rings is 1. The van der Waals surface area contributed by atoms with Crippen LogP contribution in [0.25, 0.3) is 10.2 Å². The van der Waals surface area contributed by atoms with E-state index in [1.165, 1.54) is 22.2 Å². The summed E-state index contributed by atoms with van der Waals surface area (Å²) in [6, 6.07) is 16.9. The first-order valence-corrected chi connectivity index (χ1v) is 14.4. The minimum absolute atomic E-state index is 0.00277. The van der Waals surface area contributed by atoms with Crippen LogP contribution in [-0.4, -0.2) is 21.1 Å². The number of hydrogen-bond acceptors (Lipinski definition) is 5. The van der Waals surface area contributed by atoms with Crippen LogP contribution in [0, 0.1) is 11.3 Å². The van der Waals surface area contributed by atoms with E-state index in [1.54, 1.807) is 40.2 Å². The topological polar surface area (TPSA) is 52.0 Å². The molecule has 186 valence electrons. The molecule has 0 radical (unpaired) electrons. The van der Waals surface area contributed by atoms with Gasteiger partial charge in [-0.3, -0.25) is 14.2 Å². The minimum Gasteiger partial charge on any atom is -0.293 e. The second-order valence-corrected chi connectivity index (χ2v) is 12.9. The summed E-state index contributed by atoms with van der Waals surface area (Å²) in [6.45, 7) is 7.32. The monoisotopic (exact) mass is 536 g/mol. The number of aryl methyl sites for hydroxylation is 1. The van der Waals surface area contributed by atoms with Crippen LogP contribution >= 0.6 is 34.7 Å². The van der Waals surface area contributed by atoms with E-state index in [0.29, 0.717) is 28.2 Å². The summed E-state index contributed by atoms with van der Waals surface area (Å²) < 4.78 is 1.75. The molecular formula is C29H29ClN2O2S2. The summed E-state index contributed by atoms with van der Waals surface area (Å²) in [7, 11) is 0. The maximum atomic E-state index is 13.9. The molecule has 0 saturated carbocycles. The van der Waals surface area contributed by atoms with Gasteiger partial charge in [0.25, 0.3) is 5.56 Å². The molecule has 0 fully saturated rings. The van der Waals surface area contributed by atoms with Gasteiger partial charge in [-0.1, -0.05) is 74.5 Å². The van der Waals surface area contributed by atoms with Crippen molar-refractivity contribution in [2.24, 2.45) is 11.3 Å². The lowest BCUT2D eigenvalue weighted by Crippen LogP contribution is -2.27. The van der Waals surface area contributed by atoms with Crippen molar-refractivity contribution >= 4 is 50.7 Å². The number of nitrogens with zero attached hydrogens (tertiary/aromatic N) is 2. The van der Waals surface area contributed by atoms with Crippen molar-refractivity contribution < 1.29 is 4.79 Å². The Bertz CT molecular complexity index is 1470. The molecule has 0 saturated heterocycles. The number of carbonyl (C=O) groups excluding carboxylic acids is 1. The first kappa shape index (κ1) is 25.2. The number of ketones is 1. The van der Waals surface area contributed by atoms with E-state index in [1.807, 2.05) is 30.3 Å². The summed E-state index contributed by atoms with van der Waals surface area (Å²) in [5.74, 6) is 0.775. The first-order chi connectivity index (χ1) is 17.2. The molecule has 5 rings (SSSR count).